The van der Waals surface area contributed by atoms with Crippen LogP contribution in [0.25, 0.3) is 4.83 Å². The summed E-state index contributed by atoms with van der Waals surface area (Å²) in [7, 11) is 0. The molecule has 0 aliphatic carbocycles. The van der Waals surface area contributed by atoms with Gasteiger partial charge in [0.15, 0.2) is 0 Å². The summed E-state index contributed by atoms with van der Waals surface area (Å²) in [5.41, 5.74) is 0. The summed E-state index contributed by atoms with van der Waals surface area (Å²) < 4.78 is 1.92. The molecule has 0 spiro atoms. The van der Waals surface area contributed by atoms with E-state index < -0.39 is 5.97 Å². The van der Waals surface area contributed by atoms with Crippen molar-refractivity contribution < 1.29 is 9.90 Å². The van der Waals surface area contributed by atoms with Gasteiger partial charge in [-0.15, -0.1) is 11.3 Å². The van der Waals surface area contributed by atoms with Crippen molar-refractivity contribution in [3.63, 3.8) is 0 Å². The molecule has 2 aromatic rings. The van der Waals surface area contributed by atoms with Crippen LogP contribution in [-0.4, -0.2) is 20.5 Å². The number of nitrogens with zero attached hydrogens (tertiary/aromatic N) is 2. The van der Waals surface area contributed by atoms with Crippen molar-refractivity contribution in [1.29, 1.82) is 0 Å². The van der Waals surface area contributed by atoms with E-state index in [0.717, 1.165) is 10.7 Å². The quantitative estimate of drug-likeness (QED) is 0.807. The van der Waals surface area contributed by atoms with Crippen LogP contribution in [0.3, 0.4) is 0 Å². The summed E-state index contributed by atoms with van der Waals surface area (Å²) in [6, 6.07) is 0. The van der Waals surface area contributed by atoms with Crippen molar-refractivity contribution in [1.82, 2.24) is 9.38 Å². The molecule has 0 bridgehead atoms. The van der Waals surface area contributed by atoms with E-state index in [1.165, 1.54) is 0 Å². The Morgan fingerprint density at radius 3 is 3.31 bits per heavy atom. The van der Waals surface area contributed by atoms with Crippen LogP contribution in [0.2, 0.25) is 0 Å². The van der Waals surface area contributed by atoms with Gasteiger partial charge >= 0.3 is 5.97 Å². The fourth-order valence-electron chi connectivity index (χ4n) is 1.19. The monoisotopic (exact) mass is 196 g/mol. The number of carbonyl (C=O) groups is 1. The molecule has 0 amide bonds. The van der Waals surface area contributed by atoms with Gasteiger partial charge in [-0.2, -0.15) is 0 Å². The number of aryl methyl sites for hydroxylation is 1. The van der Waals surface area contributed by atoms with E-state index in [1.54, 1.807) is 17.5 Å². The molecule has 13 heavy (non-hydrogen) atoms. The highest BCUT2D eigenvalue weighted by Crippen LogP contribution is 2.14. The van der Waals surface area contributed by atoms with Crippen LogP contribution in [0.5, 0.6) is 0 Å². The highest BCUT2D eigenvalue weighted by atomic mass is 32.1. The van der Waals surface area contributed by atoms with Crippen LogP contribution >= 0.6 is 11.3 Å². The topological polar surface area (TPSA) is 54.6 Å². The molecule has 0 unspecified atom stereocenters. The molecule has 1 N–H and O–H groups in total. The summed E-state index contributed by atoms with van der Waals surface area (Å²) >= 11 is 1.60. The number of imidazole rings is 1. The summed E-state index contributed by atoms with van der Waals surface area (Å²) in [5, 5.41) is 10.5. The van der Waals surface area contributed by atoms with Crippen LogP contribution in [0.15, 0.2) is 17.8 Å². The number of hydrogen-bond donors (Lipinski definition) is 1. The zero-order valence-corrected chi connectivity index (χ0v) is 7.62. The summed E-state index contributed by atoms with van der Waals surface area (Å²) in [5.74, 6) is 0.0330. The minimum absolute atomic E-state index is 0.134. The van der Waals surface area contributed by atoms with Crippen molar-refractivity contribution in [2.45, 2.75) is 12.8 Å². The molecule has 2 aromatic heterocycles. The van der Waals surface area contributed by atoms with Crippen molar-refractivity contribution in [2.24, 2.45) is 0 Å². The van der Waals surface area contributed by atoms with E-state index >= 15 is 0 Å². The first-order valence-corrected chi connectivity index (χ1v) is 4.76. The van der Waals surface area contributed by atoms with E-state index in [4.69, 9.17) is 5.11 Å². The SMILES string of the molecule is O=C(O)CCc1ncc2sccn12. The Hall–Kier alpha value is -1.36. The van der Waals surface area contributed by atoms with Gasteiger partial charge in [0.2, 0.25) is 0 Å². The van der Waals surface area contributed by atoms with E-state index in [0.29, 0.717) is 6.42 Å². The molecule has 0 fully saturated rings. The zero-order valence-electron chi connectivity index (χ0n) is 6.80. The number of carboxylic acid groups (broad SMARTS) is 1. The lowest BCUT2D eigenvalue weighted by Gasteiger charge is -1.93. The maximum atomic E-state index is 10.3. The van der Waals surface area contributed by atoms with Crippen molar-refractivity contribution in [3.05, 3.63) is 23.6 Å². The Bertz CT molecular complexity index is 432. The first kappa shape index (κ1) is 8.25. The third-order valence-electron chi connectivity index (χ3n) is 1.80. The molecular weight excluding hydrogens is 188 g/mol. The second-order valence-corrected chi connectivity index (χ2v) is 3.61. The summed E-state index contributed by atoms with van der Waals surface area (Å²) in [4.78, 5) is 15.5. The number of fused-ring (bicyclic) bond motifs is 1. The fraction of sp³-hybridized carbons (Fsp3) is 0.250. The molecule has 0 saturated carbocycles. The van der Waals surface area contributed by atoms with Gasteiger partial charge in [0, 0.05) is 18.0 Å². The largest absolute Gasteiger partial charge is 0.481 e. The smallest absolute Gasteiger partial charge is 0.303 e. The molecule has 2 heterocycles. The third-order valence-corrected chi connectivity index (χ3v) is 2.60. The summed E-state index contributed by atoms with van der Waals surface area (Å²) in [6.45, 7) is 0. The Balaban J connectivity index is 2.23. The van der Waals surface area contributed by atoms with Gasteiger partial charge in [0.25, 0.3) is 0 Å². The van der Waals surface area contributed by atoms with Crippen LogP contribution in [0.1, 0.15) is 12.2 Å². The van der Waals surface area contributed by atoms with E-state index in [9.17, 15) is 4.79 Å². The van der Waals surface area contributed by atoms with Crippen molar-refractivity contribution in [3.8, 4) is 0 Å². The number of aliphatic carboxylic acids is 1. The molecule has 0 radical (unpaired) electrons. The highest BCUT2D eigenvalue weighted by molar-refractivity contribution is 7.15. The number of rotatable bonds is 3. The average Bonchev–Trinajstić information content (AvgIpc) is 2.60. The normalized spacial score (nSPS) is 10.8. The van der Waals surface area contributed by atoms with Crippen molar-refractivity contribution in [2.75, 3.05) is 0 Å². The lowest BCUT2D eigenvalue weighted by molar-refractivity contribution is -0.137. The van der Waals surface area contributed by atoms with Gasteiger partial charge in [0.1, 0.15) is 10.7 Å². The molecule has 4 nitrogen and oxygen atoms in total. The first-order valence-electron chi connectivity index (χ1n) is 3.88. The van der Waals surface area contributed by atoms with E-state index in [-0.39, 0.29) is 6.42 Å². The minimum atomic E-state index is -0.785. The van der Waals surface area contributed by atoms with Gasteiger partial charge in [0.05, 0.1) is 12.6 Å². The maximum absolute atomic E-state index is 10.3. The molecular formula is C8H8N2O2S. The van der Waals surface area contributed by atoms with E-state index in [1.807, 2.05) is 16.0 Å². The van der Waals surface area contributed by atoms with Gasteiger partial charge < -0.3 is 5.11 Å². The van der Waals surface area contributed by atoms with E-state index in [2.05, 4.69) is 4.98 Å². The molecule has 5 heteroatoms. The number of thiazole rings is 1. The minimum Gasteiger partial charge on any atom is -0.481 e. The maximum Gasteiger partial charge on any atom is 0.303 e. The van der Waals surface area contributed by atoms with Crippen molar-refractivity contribution >= 4 is 22.1 Å². The summed E-state index contributed by atoms with van der Waals surface area (Å²) in [6.07, 6.45) is 4.29. The molecule has 68 valence electrons. The standard InChI is InChI=1S/C8H8N2O2S/c11-8(12)2-1-6-9-5-7-10(6)3-4-13-7/h3-5H,1-2H2,(H,11,12). The molecule has 0 aliphatic rings. The Kier molecular flexibility index (Phi) is 2.02. The Labute approximate surface area is 78.5 Å². The molecule has 2 rings (SSSR count). The van der Waals surface area contributed by atoms with Gasteiger partial charge in [-0.25, -0.2) is 4.98 Å². The fourth-order valence-corrected chi connectivity index (χ4v) is 1.91. The molecule has 0 saturated heterocycles. The van der Waals surface area contributed by atoms with Gasteiger partial charge in [-0.05, 0) is 0 Å². The highest BCUT2D eigenvalue weighted by Gasteiger charge is 2.05. The lowest BCUT2D eigenvalue weighted by Crippen LogP contribution is -2.00. The lowest BCUT2D eigenvalue weighted by atomic mass is 10.3. The van der Waals surface area contributed by atoms with Crippen LogP contribution in [0.4, 0.5) is 0 Å². The van der Waals surface area contributed by atoms with Crippen LogP contribution < -0.4 is 0 Å². The second-order valence-electron chi connectivity index (χ2n) is 2.68. The number of hydrogen-bond acceptors (Lipinski definition) is 3. The van der Waals surface area contributed by atoms with Crippen LogP contribution in [0, 0.1) is 0 Å². The molecule has 0 aliphatic heterocycles. The van der Waals surface area contributed by atoms with Gasteiger partial charge in [-0.3, -0.25) is 9.20 Å². The third kappa shape index (κ3) is 1.55. The van der Waals surface area contributed by atoms with Gasteiger partial charge in [-0.1, -0.05) is 0 Å². The van der Waals surface area contributed by atoms with Crippen LogP contribution in [-0.2, 0) is 11.2 Å². The Morgan fingerprint density at radius 1 is 1.69 bits per heavy atom. The Morgan fingerprint density at radius 2 is 2.54 bits per heavy atom. The predicted molar refractivity (Wildman–Crippen MR) is 49.0 cm³/mol. The molecule has 0 aromatic carbocycles. The number of aromatic nitrogens is 2. The average molecular weight is 196 g/mol. The number of carboxylic acids is 1. The second kappa shape index (κ2) is 3.18. The molecule has 0 atom stereocenters. The zero-order chi connectivity index (χ0) is 9.26. The first-order chi connectivity index (χ1) is 6.27. The predicted octanol–water partition coefficient (Wildman–Crippen LogP) is 1.41.